The highest BCUT2D eigenvalue weighted by Crippen LogP contribution is 2.26. The van der Waals surface area contributed by atoms with E-state index < -0.39 is 34.7 Å². The fourth-order valence-corrected chi connectivity index (χ4v) is 3.38. The van der Waals surface area contributed by atoms with E-state index in [1.807, 2.05) is 0 Å². The Morgan fingerprint density at radius 1 is 1.24 bits per heavy atom. The van der Waals surface area contributed by atoms with Gasteiger partial charge >= 0.3 is 11.7 Å². The van der Waals surface area contributed by atoms with Crippen LogP contribution in [0.4, 0.5) is 4.39 Å². The number of nitrogens with zero attached hydrogens (tertiary/aromatic N) is 3. The van der Waals surface area contributed by atoms with Crippen molar-refractivity contribution in [2.75, 3.05) is 0 Å². The van der Waals surface area contributed by atoms with Crippen molar-refractivity contribution in [1.82, 2.24) is 14.1 Å². The summed E-state index contributed by atoms with van der Waals surface area (Å²) in [6.07, 6.45) is 2.78. The number of pyridine rings is 1. The van der Waals surface area contributed by atoms with Gasteiger partial charge in [0.25, 0.3) is 5.56 Å². The van der Waals surface area contributed by atoms with E-state index in [2.05, 4.69) is 20.9 Å². The molecule has 3 aromatic rings. The molecular weight excluding hydrogens is 445 g/mol. The molecule has 0 N–H and O–H groups in total. The summed E-state index contributed by atoms with van der Waals surface area (Å²) in [5, 5.41) is 0.172. The average Bonchev–Trinajstić information content (AvgIpc) is 2.64. The Hall–Kier alpha value is -2.81. The maximum atomic E-state index is 14.7. The van der Waals surface area contributed by atoms with Crippen LogP contribution in [0.2, 0.25) is 0 Å². The van der Waals surface area contributed by atoms with Crippen molar-refractivity contribution < 1.29 is 13.9 Å². The maximum Gasteiger partial charge on any atom is 0.334 e. The quantitative estimate of drug-likeness (QED) is 0.557. The lowest BCUT2D eigenvalue weighted by Gasteiger charge is -2.25. The van der Waals surface area contributed by atoms with Crippen LogP contribution in [-0.2, 0) is 16.6 Å². The summed E-state index contributed by atoms with van der Waals surface area (Å²) >= 11 is 3.24. The number of fused-ring (bicyclic) bond motifs is 1. The number of rotatable bonds is 3. The van der Waals surface area contributed by atoms with Crippen LogP contribution in [-0.4, -0.2) is 25.7 Å². The van der Waals surface area contributed by atoms with Crippen molar-refractivity contribution in [3.63, 3.8) is 0 Å². The SMILES string of the molecule is Cn1c(=O)n(C(C(=O)OC(C)(C)C)c2cc(Br)ccc2F)c(=O)c2ccncc21. The Morgan fingerprint density at radius 2 is 1.93 bits per heavy atom. The van der Waals surface area contributed by atoms with E-state index >= 15 is 0 Å². The molecule has 1 aromatic carbocycles. The standard InChI is InChI=1S/C20H19BrFN3O4/c1-20(2,3)29-18(27)16(13-9-11(21)5-6-14(13)22)25-17(26)12-7-8-23-10-15(12)24(4)19(25)28/h5-10,16H,1-4H3. The van der Waals surface area contributed by atoms with Crippen LogP contribution in [0.3, 0.4) is 0 Å². The molecule has 1 unspecified atom stereocenters. The van der Waals surface area contributed by atoms with Crippen molar-refractivity contribution in [3.05, 3.63) is 73.4 Å². The molecule has 0 spiro atoms. The van der Waals surface area contributed by atoms with E-state index in [-0.39, 0.29) is 10.9 Å². The first kappa shape index (κ1) is 20.9. The lowest BCUT2D eigenvalue weighted by molar-refractivity contribution is -0.157. The predicted octanol–water partition coefficient (Wildman–Crippen LogP) is 2.93. The van der Waals surface area contributed by atoms with Crippen LogP contribution in [0.5, 0.6) is 0 Å². The van der Waals surface area contributed by atoms with Crippen molar-refractivity contribution in [2.45, 2.75) is 32.4 Å². The molecular formula is C20H19BrFN3O4. The molecule has 1 atom stereocenters. The minimum Gasteiger partial charge on any atom is -0.458 e. The molecule has 2 heterocycles. The normalized spacial score (nSPS) is 12.8. The summed E-state index contributed by atoms with van der Waals surface area (Å²) in [6, 6.07) is 3.80. The number of halogens is 2. The monoisotopic (exact) mass is 463 g/mol. The fourth-order valence-electron chi connectivity index (χ4n) is 3.00. The van der Waals surface area contributed by atoms with Crippen LogP contribution in [0.15, 0.2) is 50.7 Å². The summed E-state index contributed by atoms with van der Waals surface area (Å²) in [5.41, 5.74) is -2.28. The van der Waals surface area contributed by atoms with E-state index in [4.69, 9.17) is 4.74 Å². The largest absolute Gasteiger partial charge is 0.458 e. The zero-order valence-corrected chi connectivity index (χ0v) is 17.9. The molecule has 0 aliphatic carbocycles. The predicted molar refractivity (Wildman–Crippen MR) is 109 cm³/mol. The number of benzene rings is 1. The van der Waals surface area contributed by atoms with Gasteiger partial charge in [0.2, 0.25) is 0 Å². The number of hydrogen-bond donors (Lipinski definition) is 0. The van der Waals surface area contributed by atoms with Gasteiger partial charge in [0.15, 0.2) is 6.04 Å². The molecule has 9 heteroatoms. The molecule has 0 amide bonds. The number of aromatic nitrogens is 3. The van der Waals surface area contributed by atoms with E-state index in [0.29, 0.717) is 9.99 Å². The van der Waals surface area contributed by atoms with E-state index in [0.717, 1.165) is 10.6 Å². The third-order valence-electron chi connectivity index (χ3n) is 4.24. The smallest absolute Gasteiger partial charge is 0.334 e. The van der Waals surface area contributed by atoms with Gasteiger partial charge in [-0.15, -0.1) is 0 Å². The topological polar surface area (TPSA) is 83.2 Å². The molecule has 0 saturated heterocycles. The molecule has 0 bridgehead atoms. The second-order valence-electron chi connectivity index (χ2n) is 7.51. The number of aryl methyl sites for hydroxylation is 1. The molecule has 7 nitrogen and oxygen atoms in total. The van der Waals surface area contributed by atoms with Crippen LogP contribution < -0.4 is 11.2 Å². The number of ether oxygens (including phenoxy) is 1. The first-order valence-electron chi connectivity index (χ1n) is 8.74. The first-order valence-corrected chi connectivity index (χ1v) is 9.53. The molecule has 0 radical (unpaired) electrons. The van der Waals surface area contributed by atoms with Gasteiger partial charge in [0, 0.05) is 23.3 Å². The number of hydrogen-bond acceptors (Lipinski definition) is 5. The highest BCUT2D eigenvalue weighted by atomic mass is 79.9. The Balaban J connectivity index is 2.39. The lowest BCUT2D eigenvalue weighted by Crippen LogP contribution is -2.46. The van der Waals surface area contributed by atoms with Gasteiger partial charge in [-0.05, 0) is 45.0 Å². The zero-order chi connectivity index (χ0) is 21.5. The molecule has 0 fully saturated rings. The fraction of sp³-hybridized carbons (Fsp3) is 0.300. The van der Waals surface area contributed by atoms with Crippen LogP contribution in [0.25, 0.3) is 10.9 Å². The Morgan fingerprint density at radius 3 is 2.59 bits per heavy atom. The molecule has 3 rings (SSSR count). The first-order chi connectivity index (χ1) is 13.5. The molecule has 2 aromatic heterocycles. The number of carbonyl (C=O) groups excluding carboxylic acids is 1. The van der Waals surface area contributed by atoms with Gasteiger partial charge in [-0.2, -0.15) is 0 Å². The van der Waals surface area contributed by atoms with Gasteiger partial charge in [-0.25, -0.2) is 18.5 Å². The van der Waals surface area contributed by atoms with E-state index in [1.165, 1.54) is 42.2 Å². The van der Waals surface area contributed by atoms with Gasteiger partial charge < -0.3 is 4.74 Å². The van der Waals surface area contributed by atoms with E-state index in [1.54, 1.807) is 20.8 Å². The Bertz CT molecular complexity index is 1230. The van der Waals surface area contributed by atoms with Gasteiger partial charge in [0.05, 0.1) is 17.1 Å². The minimum atomic E-state index is -1.60. The average molecular weight is 464 g/mol. The van der Waals surface area contributed by atoms with Crippen LogP contribution in [0, 0.1) is 5.82 Å². The van der Waals surface area contributed by atoms with E-state index in [9.17, 15) is 18.8 Å². The van der Waals surface area contributed by atoms with Crippen molar-refractivity contribution in [1.29, 1.82) is 0 Å². The Labute approximate surface area is 173 Å². The minimum absolute atomic E-state index is 0.152. The van der Waals surface area contributed by atoms with Gasteiger partial charge in [0.1, 0.15) is 11.4 Å². The number of carbonyl (C=O) groups is 1. The molecule has 0 saturated carbocycles. The molecule has 0 aliphatic rings. The van der Waals surface area contributed by atoms with Crippen molar-refractivity contribution in [2.24, 2.45) is 7.05 Å². The highest BCUT2D eigenvalue weighted by Gasteiger charge is 2.33. The molecule has 0 aliphatic heterocycles. The summed E-state index contributed by atoms with van der Waals surface area (Å²) in [5.74, 6) is -1.66. The molecule has 29 heavy (non-hydrogen) atoms. The number of esters is 1. The third kappa shape index (κ3) is 4.00. The van der Waals surface area contributed by atoms with Gasteiger partial charge in [-0.3, -0.25) is 14.3 Å². The highest BCUT2D eigenvalue weighted by molar-refractivity contribution is 9.10. The molecule has 152 valence electrons. The summed E-state index contributed by atoms with van der Waals surface area (Å²) in [7, 11) is 1.45. The Kier molecular flexibility index (Phi) is 5.44. The van der Waals surface area contributed by atoms with Crippen LogP contribution >= 0.6 is 15.9 Å². The third-order valence-corrected chi connectivity index (χ3v) is 4.74. The lowest BCUT2D eigenvalue weighted by atomic mass is 10.0. The maximum absolute atomic E-state index is 14.7. The second kappa shape index (κ2) is 7.55. The second-order valence-corrected chi connectivity index (χ2v) is 8.43. The summed E-state index contributed by atoms with van der Waals surface area (Å²) < 4.78 is 22.5. The van der Waals surface area contributed by atoms with Gasteiger partial charge in [-0.1, -0.05) is 15.9 Å². The zero-order valence-electron chi connectivity index (χ0n) is 16.3. The van der Waals surface area contributed by atoms with Crippen molar-refractivity contribution >= 4 is 32.8 Å². The van der Waals surface area contributed by atoms with Crippen molar-refractivity contribution in [3.8, 4) is 0 Å². The summed E-state index contributed by atoms with van der Waals surface area (Å²) in [4.78, 5) is 43.2. The van der Waals surface area contributed by atoms with Crippen LogP contribution in [0.1, 0.15) is 32.4 Å². The summed E-state index contributed by atoms with van der Waals surface area (Å²) in [6.45, 7) is 4.94.